The van der Waals surface area contributed by atoms with Gasteiger partial charge in [-0.25, -0.2) is 4.39 Å². The van der Waals surface area contributed by atoms with Crippen molar-refractivity contribution in [3.63, 3.8) is 0 Å². The van der Waals surface area contributed by atoms with Crippen LogP contribution in [0.1, 0.15) is 39.8 Å². The van der Waals surface area contributed by atoms with Gasteiger partial charge in [-0.1, -0.05) is 17.7 Å². The maximum atomic E-state index is 13.2. The van der Waals surface area contributed by atoms with Crippen LogP contribution in [0.15, 0.2) is 24.3 Å². The summed E-state index contributed by atoms with van der Waals surface area (Å²) in [5.41, 5.74) is 8.76. The molecule has 0 saturated carbocycles. The Hall–Kier alpha value is -0.900. The van der Waals surface area contributed by atoms with Crippen molar-refractivity contribution in [1.82, 2.24) is 0 Å². The molecule has 0 saturated heterocycles. The van der Waals surface area contributed by atoms with Gasteiger partial charge in [0.25, 0.3) is 0 Å². The van der Waals surface area contributed by atoms with E-state index >= 15 is 0 Å². The van der Waals surface area contributed by atoms with Gasteiger partial charge in [-0.15, -0.1) is 11.3 Å². The molecule has 20 heavy (non-hydrogen) atoms. The molecule has 0 spiro atoms. The first-order valence-electron chi connectivity index (χ1n) is 6.94. The molecule has 2 N–H and O–H groups in total. The molecule has 0 bridgehead atoms. The highest BCUT2D eigenvalue weighted by molar-refractivity contribution is 7.12. The predicted octanol–water partition coefficient (Wildman–Crippen LogP) is 4.66. The van der Waals surface area contributed by atoms with Crippen molar-refractivity contribution in [2.75, 3.05) is 0 Å². The van der Waals surface area contributed by atoms with E-state index in [0.717, 1.165) is 5.56 Å². The molecular formula is C16H17ClFNS. The summed E-state index contributed by atoms with van der Waals surface area (Å²) in [4.78, 5) is 2.73. The molecule has 106 valence electrons. The monoisotopic (exact) mass is 309 g/mol. The number of rotatable bonds is 3. The van der Waals surface area contributed by atoms with E-state index in [1.165, 1.54) is 47.1 Å². The first-order chi connectivity index (χ1) is 9.63. The van der Waals surface area contributed by atoms with Crippen LogP contribution in [-0.4, -0.2) is 0 Å². The maximum absolute atomic E-state index is 13.2. The highest BCUT2D eigenvalue weighted by atomic mass is 35.5. The molecule has 1 aliphatic carbocycles. The van der Waals surface area contributed by atoms with Crippen LogP contribution in [0.4, 0.5) is 4.39 Å². The average molecular weight is 310 g/mol. The van der Waals surface area contributed by atoms with Crippen LogP contribution in [0.3, 0.4) is 0 Å². The fourth-order valence-electron chi connectivity index (χ4n) is 2.72. The molecule has 1 aliphatic rings. The summed E-state index contributed by atoms with van der Waals surface area (Å²) in [5, 5.41) is 0.167. The minimum atomic E-state index is -0.379. The summed E-state index contributed by atoms with van der Waals surface area (Å²) in [6, 6.07) is 7.06. The number of hydrogen-bond acceptors (Lipinski definition) is 2. The number of thiophene rings is 1. The minimum Gasteiger partial charge on any atom is -0.323 e. The summed E-state index contributed by atoms with van der Waals surface area (Å²) in [5.74, 6) is -0.379. The second-order valence-corrected chi connectivity index (χ2v) is 6.94. The highest BCUT2D eigenvalue weighted by Crippen LogP contribution is 2.33. The van der Waals surface area contributed by atoms with Crippen molar-refractivity contribution in [2.45, 2.75) is 38.1 Å². The van der Waals surface area contributed by atoms with Crippen LogP contribution in [0.2, 0.25) is 5.02 Å². The van der Waals surface area contributed by atoms with E-state index in [-0.39, 0.29) is 16.9 Å². The second kappa shape index (κ2) is 5.84. The Morgan fingerprint density at radius 2 is 2.05 bits per heavy atom. The summed E-state index contributed by atoms with van der Waals surface area (Å²) < 4.78 is 13.2. The van der Waals surface area contributed by atoms with Crippen LogP contribution >= 0.6 is 22.9 Å². The zero-order valence-corrected chi connectivity index (χ0v) is 12.7. The topological polar surface area (TPSA) is 26.0 Å². The molecule has 0 amide bonds. The third-order valence-electron chi connectivity index (χ3n) is 3.82. The van der Waals surface area contributed by atoms with Crippen LogP contribution in [0, 0.1) is 5.82 Å². The molecule has 1 heterocycles. The zero-order valence-electron chi connectivity index (χ0n) is 11.2. The smallest absolute Gasteiger partial charge is 0.141 e. The Balaban J connectivity index is 1.76. The molecule has 1 unspecified atom stereocenters. The minimum absolute atomic E-state index is 0.0351. The van der Waals surface area contributed by atoms with Gasteiger partial charge < -0.3 is 5.73 Å². The second-order valence-electron chi connectivity index (χ2n) is 5.36. The lowest BCUT2D eigenvalue weighted by atomic mass is 9.98. The van der Waals surface area contributed by atoms with E-state index in [2.05, 4.69) is 6.07 Å². The van der Waals surface area contributed by atoms with E-state index in [1.807, 2.05) is 11.3 Å². The molecule has 1 atom stereocenters. The quantitative estimate of drug-likeness (QED) is 0.876. The summed E-state index contributed by atoms with van der Waals surface area (Å²) in [7, 11) is 0. The van der Waals surface area contributed by atoms with Crippen molar-refractivity contribution < 1.29 is 4.39 Å². The van der Waals surface area contributed by atoms with Crippen LogP contribution in [0.25, 0.3) is 0 Å². The highest BCUT2D eigenvalue weighted by Gasteiger charge is 2.17. The fraction of sp³-hybridized carbons (Fsp3) is 0.375. The lowest BCUT2D eigenvalue weighted by molar-refractivity contribution is 0.626. The van der Waals surface area contributed by atoms with Crippen LogP contribution in [0.5, 0.6) is 0 Å². The first kappa shape index (κ1) is 14.1. The van der Waals surface area contributed by atoms with E-state index in [0.29, 0.717) is 6.42 Å². The Morgan fingerprint density at radius 1 is 1.25 bits per heavy atom. The van der Waals surface area contributed by atoms with Gasteiger partial charge in [0.1, 0.15) is 5.82 Å². The molecule has 3 rings (SSSR count). The van der Waals surface area contributed by atoms with Gasteiger partial charge in [0.05, 0.1) is 5.02 Å². The zero-order chi connectivity index (χ0) is 14.1. The molecule has 0 fully saturated rings. The molecule has 4 heteroatoms. The Kier molecular flexibility index (Phi) is 4.11. The van der Waals surface area contributed by atoms with Gasteiger partial charge in [-0.05, 0) is 61.4 Å². The van der Waals surface area contributed by atoms with Crippen molar-refractivity contribution in [2.24, 2.45) is 5.73 Å². The van der Waals surface area contributed by atoms with Gasteiger partial charge in [-0.3, -0.25) is 0 Å². The maximum Gasteiger partial charge on any atom is 0.141 e. The number of hydrogen-bond donors (Lipinski definition) is 1. The normalized spacial score (nSPS) is 15.9. The molecule has 0 aliphatic heterocycles. The number of nitrogens with two attached hydrogens (primary N) is 1. The van der Waals surface area contributed by atoms with E-state index in [4.69, 9.17) is 17.3 Å². The molecule has 2 aromatic rings. The van der Waals surface area contributed by atoms with E-state index < -0.39 is 0 Å². The molecule has 1 nitrogen and oxygen atoms in total. The van der Waals surface area contributed by atoms with Crippen LogP contribution in [-0.2, 0) is 19.3 Å². The van der Waals surface area contributed by atoms with Gasteiger partial charge in [0, 0.05) is 15.8 Å². The third kappa shape index (κ3) is 2.90. The summed E-state index contributed by atoms with van der Waals surface area (Å²) in [6.45, 7) is 0. The van der Waals surface area contributed by atoms with Crippen LogP contribution < -0.4 is 5.73 Å². The largest absolute Gasteiger partial charge is 0.323 e. The number of fused-ring (bicyclic) bond motifs is 1. The molecule has 0 radical (unpaired) electrons. The molecule has 1 aromatic heterocycles. The number of halogens is 2. The Bertz CT molecular complexity index is 599. The van der Waals surface area contributed by atoms with Crippen molar-refractivity contribution in [1.29, 1.82) is 0 Å². The number of aryl methyl sites for hydroxylation is 2. The number of benzene rings is 1. The average Bonchev–Trinajstić information content (AvgIpc) is 2.87. The van der Waals surface area contributed by atoms with E-state index in [9.17, 15) is 4.39 Å². The van der Waals surface area contributed by atoms with Crippen molar-refractivity contribution >= 4 is 22.9 Å². The Labute approximate surface area is 127 Å². The lowest BCUT2D eigenvalue weighted by Gasteiger charge is -2.10. The summed E-state index contributed by atoms with van der Waals surface area (Å²) >= 11 is 7.65. The van der Waals surface area contributed by atoms with Crippen molar-refractivity contribution in [3.05, 3.63) is 56.0 Å². The Morgan fingerprint density at radius 3 is 2.80 bits per heavy atom. The standard InChI is InChI=1S/C16H17ClFNS/c17-12-7-10(5-6-13(12)18)8-14(19)16-9-11-3-1-2-4-15(11)20-16/h5-7,9,14H,1-4,8,19H2. The van der Waals surface area contributed by atoms with Gasteiger partial charge in [0.15, 0.2) is 0 Å². The molecular weight excluding hydrogens is 293 g/mol. The van der Waals surface area contributed by atoms with Gasteiger partial charge in [-0.2, -0.15) is 0 Å². The first-order valence-corrected chi connectivity index (χ1v) is 8.14. The van der Waals surface area contributed by atoms with E-state index in [1.54, 1.807) is 12.1 Å². The molecule has 1 aromatic carbocycles. The predicted molar refractivity (Wildman–Crippen MR) is 83.0 cm³/mol. The lowest BCUT2D eigenvalue weighted by Crippen LogP contribution is -2.11. The third-order valence-corrected chi connectivity index (χ3v) is 5.48. The van der Waals surface area contributed by atoms with Crippen molar-refractivity contribution in [3.8, 4) is 0 Å². The fourth-order valence-corrected chi connectivity index (χ4v) is 4.18. The summed E-state index contributed by atoms with van der Waals surface area (Å²) in [6.07, 6.45) is 5.64. The van der Waals surface area contributed by atoms with Gasteiger partial charge in [0.2, 0.25) is 0 Å². The SMILES string of the molecule is NC(Cc1ccc(F)c(Cl)c1)c1cc2c(s1)CCCC2. The van der Waals surface area contributed by atoms with Gasteiger partial charge >= 0.3 is 0 Å².